The van der Waals surface area contributed by atoms with Crippen LogP contribution in [0.5, 0.6) is 0 Å². The van der Waals surface area contributed by atoms with Crippen LogP contribution in [0.2, 0.25) is 0 Å². The number of nitrogens with zero attached hydrogens (tertiary/aromatic N) is 1. The van der Waals surface area contributed by atoms with Crippen LogP contribution in [0, 0.1) is 6.92 Å². The number of imide groups is 1. The maximum absolute atomic E-state index is 12.1. The van der Waals surface area contributed by atoms with Crippen molar-refractivity contribution >= 4 is 23.4 Å². The van der Waals surface area contributed by atoms with Crippen molar-refractivity contribution in [2.24, 2.45) is 0 Å². The first-order valence-corrected chi connectivity index (χ1v) is 5.87. The lowest BCUT2D eigenvalue weighted by atomic mass is 10.1. The van der Waals surface area contributed by atoms with Crippen molar-refractivity contribution in [3.63, 3.8) is 0 Å². The average molecular weight is 261 g/mol. The second kappa shape index (κ2) is 4.72. The molecule has 1 aliphatic rings. The maximum atomic E-state index is 12.1. The van der Waals surface area contributed by atoms with Crippen molar-refractivity contribution in [2.45, 2.75) is 19.4 Å². The number of likely N-dealkylation sites (tertiary alicyclic amines) is 1. The molecule has 0 aromatic heterocycles. The molecule has 1 unspecified atom stereocenters. The standard InChI is InChI=1S/C13H15N3O3/c1-7-3-4-9(14)8(5-7)12(18)15-10-6-11(17)16(2)13(10)19/h3-5,10H,6,14H2,1-2H3,(H,15,18). The van der Waals surface area contributed by atoms with Gasteiger partial charge in [0.2, 0.25) is 5.91 Å². The minimum Gasteiger partial charge on any atom is -0.398 e. The monoisotopic (exact) mass is 261 g/mol. The Bertz CT molecular complexity index is 568. The van der Waals surface area contributed by atoms with Crippen LogP contribution in [0.15, 0.2) is 18.2 Å². The normalized spacial score (nSPS) is 18.8. The van der Waals surface area contributed by atoms with E-state index in [1.807, 2.05) is 6.92 Å². The molecule has 6 nitrogen and oxygen atoms in total. The van der Waals surface area contributed by atoms with Gasteiger partial charge in [0.15, 0.2) is 0 Å². The summed E-state index contributed by atoms with van der Waals surface area (Å²) in [6.07, 6.45) is -0.00715. The molecule has 1 aromatic rings. The molecule has 1 aliphatic heterocycles. The van der Waals surface area contributed by atoms with E-state index in [9.17, 15) is 14.4 Å². The highest BCUT2D eigenvalue weighted by atomic mass is 16.2. The fourth-order valence-electron chi connectivity index (χ4n) is 1.97. The van der Waals surface area contributed by atoms with Gasteiger partial charge in [-0.25, -0.2) is 0 Å². The zero-order valence-corrected chi connectivity index (χ0v) is 10.8. The molecule has 6 heteroatoms. The molecule has 2 rings (SSSR count). The number of carbonyl (C=O) groups is 3. The van der Waals surface area contributed by atoms with Gasteiger partial charge in [0, 0.05) is 12.7 Å². The zero-order chi connectivity index (χ0) is 14.2. The van der Waals surface area contributed by atoms with Crippen LogP contribution < -0.4 is 11.1 Å². The van der Waals surface area contributed by atoms with Gasteiger partial charge >= 0.3 is 0 Å². The molecular formula is C13H15N3O3. The summed E-state index contributed by atoms with van der Waals surface area (Å²) in [4.78, 5) is 36.1. The number of carbonyl (C=O) groups excluding carboxylic acids is 3. The van der Waals surface area contributed by atoms with Gasteiger partial charge in [0.1, 0.15) is 6.04 Å². The average Bonchev–Trinajstić information content (AvgIpc) is 2.60. The number of nitrogens with one attached hydrogen (secondary N) is 1. The van der Waals surface area contributed by atoms with Gasteiger partial charge < -0.3 is 11.1 Å². The molecule has 3 amide bonds. The van der Waals surface area contributed by atoms with Crippen LogP contribution in [0.1, 0.15) is 22.3 Å². The number of hydrogen-bond acceptors (Lipinski definition) is 4. The number of nitrogen functional groups attached to an aromatic ring is 1. The van der Waals surface area contributed by atoms with E-state index in [0.29, 0.717) is 11.3 Å². The SMILES string of the molecule is Cc1ccc(N)c(C(=O)NC2CC(=O)N(C)C2=O)c1. The van der Waals surface area contributed by atoms with E-state index < -0.39 is 17.9 Å². The van der Waals surface area contributed by atoms with Crippen LogP contribution in [0.4, 0.5) is 5.69 Å². The zero-order valence-electron chi connectivity index (χ0n) is 10.8. The number of aryl methyl sites for hydroxylation is 1. The summed E-state index contributed by atoms with van der Waals surface area (Å²) in [5, 5.41) is 2.54. The third kappa shape index (κ3) is 2.42. The summed E-state index contributed by atoms with van der Waals surface area (Å²) < 4.78 is 0. The number of anilines is 1. The summed E-state index contributed by atoms with van der Waals surface area (Å²) >= 11 is 0. The highest BCUT2D eigenvalue weighted by molar-refractivity contribution is 6.08. The first kappa shape index (κ1) is 13.1. The molecule has 3 N–H and O–H groups in total. The maximum Gasteiger partial charge on any atom is 0.254 e. The van der Waals surface area contributed by atoms with E-state index in [0.717, 1.165) is 10.5 Å². The number of amides is 3. The number of rotatable bonds is 2. The van der Waals surface area contributed by atoms with Crippen molar-refractivity contribution in [3.8, 4) is 0 Å². The fourth-order valence-corrected chi connectivity index (χ4v) is 1.97. The lowest BCUT2D eigenvalue weighted by Gasteiger charge is -2.12. The van der Waals surface area contributed by atoms with Gasteiger partial charge in [-0.1, -0.05) is 11.6 Å². The topological polar surface area (TPSA) is 92.5 Å². The van der Waals surface area contributed by atoms with Crippen LogP contribution in [-0.2, 0) is 9.59 Å². The van der Waals surface area contributed by atoms with Crippen molar-refractivity contribution in [1.82, 2.24) is 10.2 Å². The smallest absolute Gasteiger partial charge is 0.254 e. The van der Waals surface area contributed by atoms with E-state index in [4.69, 9.17) is 5.73 Å². The molecule has 1 heterocycles. The van der Waals surface area contributed by atoms with Crippen LogP contribution in [0.3, 0.4) is 0 Å². The Labute approximate surface area is 110 Å². The van der Waals surface area contributed by atoms with Crippen LogP contribution in [0.25, 0.3) is 0 Å². The molecule has 1 fully saturated rings. The Morgan fingerprint density at radius 3 is 2.68 bits per heavy atom. The molecule has 0 saturated carbocycles. The predicted molar refractivity (Wildman–Crippen MR) is 69.2 cm³/mol. The molecule has 1 aromatic carbocycles. The second-order valence-corrected chi connectivity index (χ2v) is 4.61. The molecule has 0 bridgehead atoms. The summed E-state index contributed by atoms with van der Waals surface area (Å²) in [5.74, 6) is -1.14. The minimum atomic E-state index is -0.801. The molecule has 1 atom stereocenters. The predicted octanol–water partition coefficient (Wildman–Crippen LogP) is 0.0643. The third-order valence-corrected chi connectivity index (χ3v) is 3.14. The van der Waals surface area contributed by atoms with Gasteiger partial charge in [0.25, 0.3) is 11.8 Å². The number of likely N-dealkylation sites (N-methyl/N-ethyl adjacent to an activating group) is 1. The molecule has 19 heavy (non-hydrogen) atoms. The van der Waals surface area contributed by atoms with Crippen molar-refractivity contribution in [2.75, 3.05) is 12.8 Å². The minimum absolute atomic E-state index is 0.00715. The molecule has 1 saturated heterocycles. The molecule has 0 spiro atoms. The molecule has 0 radical (unpaired) electrons. The van der Waals surface area contributed by atoms with Crippen molar-refractivity contribution in [3.05, 3.63) is 29.3 Å². The number of nitrogens with two attached hydrogens (primary N) is 1. The van der Waals surface area contributed by atoms with E-state index in [-0.39, 0.29) is 12.3 Å². The van der Waals surface area contributed by atoms with E-state index in [1.54, 1.807) is 18.2 Å². The third-order valence-electron chi connectivity index (χ3n) is 3.14. The Morgan fingerprint density at radius 2 is 2.11 bits per heavy atom. The fraction of sp³-hybridized carbons (Fsp3) is 0.308. The Morgan fingerprint density at radius 1 is 1.42 bits per heavy atom. The first-order chi connectivity index (χ1) is 8.90. The first-order valence-electron chi connectivity index (χ1n) is 5.87. The quantitative estimate of drug-likeness (QED) is 0.582. The highest BCUT2D eigenvalue weighted by Crippen LogP contribution is 2.16. The van der Waals surface area contributed by atoms with Gasteiger partial charge in [-0.3, -0.25) is 19.3 Å². The Balaban J connectivity index is 2.16. The highest BCUT2D eigenvalue weighted by Gasteiger charge is 2.37. The van der Waals surface area contributed by atoms with Crippen molar-refractivity contribution < 1.29 is 14.4 Å². The van der Waals surface area contributed by atoms with Gasteiger partial charge in [0.05, 0.1) is 12.0 Å². The number of hydrogen-bond donors (Lipinski definition) is 2. The van der Waals surface area contributed by atoms with E-state index >= 15 is 0 Å². The summed E-state index contributed by atoms with van der Waals surface area (Å²) in [7, 11) is 1.40. The molecular weight excluding hydrogens is 246 g/mol. The Kier molecular flexibility index (Phi) is 3.25. The van der Waals surface area contributed by atoms with E-state index in [2.05, 4.69) is 5.32 Å². The molecule has 100 valence electrons. The van der Waals surface area contributed by atoms with Gasteiger partial charge in [-0.15, -0.1) is 0 Å². The van der Waals surface area contributed by atoms with Gasteiger partial charge in [-0.2, -0.15) is 0 Å². The molecule has 0 aliphatic carbocycles. The largest absolute Gasteiger partial charge is 0.398 e. The van der Waals surface area contributed by atoms with Crippen molar-refractivity contribution in [1.29, 1.82) is 0 Å². The van der Waals surface area contributed by atoms with E-state index in [1.165, 1.54) is 7.05 Å². The van der Waals surface area contributed by atoms with Crippen LogP contribution in [-0.4, -0.2) is 35.7 Å². The number of benzene rings is 1. The second-order valence-electron chi connectivity index (χ2n) is 4.61. The van der Waals surface area contributed by atoms with Crippen LogP contribution >= 0.6 is 0 Å². The Hall–Kier alpha value is -2.37. The summed E-state index contributed by atoms with van der Waals surface area (Å²) in [5.41, 5.74) is 7.28. The lowest BCUT2D eigenvalue weighted by Crippen LogP contribution is -2.40. The summed E-state index contributed by atoms with van der Waals surface area (Å²) in [6, 6.07) is 4.28. The van der Waals surface area contributed by atoms with Gasteiger partial charge in [-0.05, 0) is 19.1 Å². The summed E-state index contributed by atoms with van der Waals surface area (Å²) in [6.45, 7) is 1.84. The lowest BCUT2D eigenvalue weighted by molar-refractivity contribution is -0.137.